The van der Waals surface area contributed by atoms with E-state index in [1.807, 2.05) is 13.0 Å². The largest absolute Gasteiger partial charge is 0.366 e. The fourth-order valence-electron chi connectivity index (χ4n) is 2.60. The van der Waals surface area contributed by atoms with Crippen molar-refractivity contribution in [1.82, 2.24) is 4.98 Å². The Hall–Kier alpha value is -2.73. The van der Waals surface area contributed by atoms with Gasteiger partial charge in [-0.3, -0.25) is 14.6 Å². The molecule has 110 valence electrons. The number of benzene rings is 2. The van der Waals surface area contributed by atoms with Gasteiger partial charge in [-0.25, -0.2) is 0 Å². The standard InChI is InChI=1S/C16H13N3O2S/c1-8-11-3-2-9(15(17)20)4-10(11)5-12(14(8)16(18)21)13-6-19-7-22-13/h2-7H,1H3,(H2,17,20)(H2,18,21). The molecule has 1 heterocycles. The van der Waals surface area contributed by atoms with E-state index >= 15 is 0 Å². The third kappa shape index (κ3) is 2.23. The van der Waals surface area contributed by atoms with Gasteiger partial charge in [-0.05, 0) is 41.5 Å². The number of carbonyl (C=O) groups excluding carboxylic acids is 2. The first-order valence-corrected chi connectivity index (χ1v) is 7.43. The van der Waals surface area contributed by atoms with Crippen LogP contribution in [0.2, 0.25) is 0 Å². The molecule has 0 aliphatic carbocycles. The first-order chi connectivity index (χ1) is 10.5. The number of carbonyl (C=O) groups is 2. The molecule has 0 radical (unpaired) electrons. The van der Waals surface area contributed by atoms with E-state index in [4.69, 9.17) is 11.5 Å². The summed E-state index contributed by atoms with van der Waals surface area (Å²) in [7, 11) is 0. The number of hydrogen-bond donors (Lipinski definition) is 2. The second-order valence-electron chi connectivity index (χ2n) is 4.95. The number of nitrogens with zero attached hydrogens (tertiary/aromatic N) is 1. The predicted molar refractivity (Wildman–Crippen MR) is 86.8 cm³/mol. The third-order valence-corrected chi connectivity index (χ3v) is 4.43. The minimum atomic E-state index is -0.488. The summed E-state index contributed by atoms with van der Waals surface area (Å²) in [6, 6.07) is 7.00. The summed E-state index contributed by atoms with van der Waals surface area (Å²) < 4.78 is 0. The molecule has 0 spiro atoms. The second kappa shape index (κ2) is 5.23. The number of thiazole rings is 1. The summed E-state index contributed by atoms with van der Waals surface area (Å²) in [4.78, 5) is 28.1. The van der Waals surface area contributed by atoms with Crippen molar-refractivity contribution in [3.8, 4) is 10.4 Å². The highest BCUT2D eigenvalue weighted by Gasteiger charge is 2.17. The van der Waals surface area contributed by atoms with Gasteiger partial charge in [-0.2, -0.15) is 0 Å². The van der Waals surface area contributed by atoms with E-state index in [0.717, 1.165) is 26.8 Å². The average Bonchev–Trinajstić information content (AvgIpc) is 3.00. The van der Waals surface area contributed by atoms with Crippen LogP contribution in [0.25, 0.3) is 21.2 Å². The number of amides is 2. The smallest absolute Gasteiger partial charge is 0.249 e. The summed E-state index contributed by atoms with van der Waals surface area (Å²) in [5.41, 5.74) is 15.0. The Morgan fingerprint density at radius 3 is 2.50 bits per heavy atom. The molecule has 4 N–H and O–H groups in total. The fourth-order valence-corrected chi connectivity index (χ4v) is 3.25. The number of fused-ring (bicyclic) bond motifs is 1. The molecule has 0 aliphatic rings. The zero-order valence-electron chi connectivity index (χ0n) is 11.8. The first kappa shape index (κ1) is 14.2. The van der Waals surface area contributed by atoms with Crippen molar-refractivity contribution < 1.29 is 9.59 Å². The molecule has 2 amide bonds. The molecule has 0 saturated carbocycles. The molecule has 3 aromatic rings. The topological polar surface area (TPSA) is 99.1 Å². The highest BCUT2D eigenvalue weighted by molar-refractivity contribution is 7.13. The van der Waals surface area contributed by atoms with Crippen LogP contribution < -0.4 is 11.5 Å². The molecule has 0 atom stereocenters. The number of primary amides is 2. The number of nitrogens with two attached hydrogens (primary N) is 2. The molecule has 0 aliphatic heterocycles. The highest BCUT2D eigenvalue weighted by Crippen LogP contribution is 2.34. The van der Waals surface area contributed by atoms with Crippen molar-refractivity contribution in [3.05, 3.63) is 52.7 Å². The van der Waals surface area contributed by atoms with Crippen molar-refractivity contribution in [1.29, 1.82) is 0 Å². The number of aromatic nitrogens is 1. The third-order valence-electron chi connectivity index (χ3n) is 3.63. The maximum Gasteiger partial charge on any atom is 0.249 e. The monoisotopic (exact) mass is 311 g/mol. The Bertz CT molecular complexity index is 901. The van der Waals surface area contributed by atoms with Crippen molar-refractivity contribution in [3.63, 3.8) is 0 Å². The van der Waals surface area contributed by atoms with Crippen LogP contribution in [0.3, 0.4) is 0 Å². The van der Waals surface area contributed by atoms with Crippen LogP contribution >= 0.6 is 11.3 Å². The molecule has 0 bridgehead atoms. The molecule has 22 heavy (non-hydrogen) atoms. The van der Waals surface area contributed by atoms with Gasteiger partial charge in [0.2, 0.25) is 11.8 Å². The van der Waals surface area contributed by atoms with Crippen LogP contribution in [0, 0.1) is 6.92 Å². The van der Waals surface area contributed by atoms with Crippen LogP contribution in [-0.2, 0) is 0 Å². The van der Waals surface area contributed by atoms with E-state index in [1.54, 1.807) is 29.9 Å². The van der Waals surface area contributed by atoms with Crippen molar-refractivity contribution >= 4 is 33.9 Å². The van der Waals surface area contributed by atoms with Gasteiger partial charge in [0.05, 0.1) is 16.0 Å². The first-order valence-electron chi connectivity index (χ1n) is 6.55. The maximum absolute atomic E-state index is 11.9. The summed E-state index contributed by atoms with van der Waals surface area (Å²) in [6.45, 7) is 1.84. The highest BCUT2D eigenvalue weighted by atomic mass is 32.1. The Morgan fingerprint density at radius 1 is 1.14 bits per heavy atom. The van der Waals surface area contributed by atoms with Crippen molar-refractivity contribution in [2.45, 2.75) is 6.92 Å². The Kier molecular flexibility index (Phi) is 3.38. The molecule has 1 aromatic heterocycles. The van der Waals surface area contributed by atoms with Crippen LogP contribution in [0.1, 0.15) is 26.3 Å². The lowest BCUT2D eigenvalue weighted by Gasteiger charge is -2.13. The minimum Gasteiger partial charge on any atom is -0.366 e. The van der Waals surface area contributed by atoms with Gasteiger partial charge in [-0.1, -0.05) is 6.07 Å². The summed E-state index contributed by atoms with van der Waals surface area (Å²) in [6.07, 6.45) is 1.69. The second-order valence-corrected chi connectivity index (χ2v) is 5.84. The summed E-state index contributed by atoms with van der Waals surface area (Å²) in [5, 5.41) is 1.70. The quantitative estimate of drug-likeness (QED) is 0.777. The van der Waals surface area contributed by atoms with E-state index in [-0.39, 0.29) is 0 Å². The predicted octanol–water partition coefficient (Wildman–Crippen LogP) is 2.47. The lowest BCUT2D eigenvalue weighted by atomic mass is 9.93. The molecular weight excluding hydrogens is 298 g/mol. The van der Waals surface area contributed by atoms with Crippen LogP contribution in [0.4, 0.5) is 0 Å². The molecule has 5 nitrogen and oxygen atoms in total. The van der Waals surface area contributed by atoms with E-state index < -0.39 is 11.8 Å². The maximum atomic E-state index is 11.9. The van der Waals surface area contributed by atoms with Crippen molar-refractivity contribution in [2.24, 2.45) is 11.5 Å². The van der Waals surface area contributed by atoms with Gasteiger partial charge in [0.15, 0.2) is 0 Å². The van der Waals surface area contributed by atoms with E-state index in [1.165, 1.54) is 11.3 Å². The van der Waals surface area contributed by atoms with Crippen LogP contribution in [0.15, 0.2) is 36.0 Å². The van der Waals surface area contributed by atoms with Gasteiger partial charge < -0.3 is 11.5 Å². The van der Waals surface area contributed by atoms with Gasteiger partial charge in [0.1, 0.15) is 0 Å². The zero-order valence-corrected chi connectivity index (χ0v) is 12.6. The molecule has 6 heteroatoms. The van der Waals surface area contributed by atoms with Crippen LogP contribution in [0.5, 0.6) is 0 Å². The molecule has 2 aromatic carbocycles. The summed E-state index contributed by atoms with van der Waals surface area (Å²) >= 11 is 1.42. The Morgan fingerprint density at radius 2 is 1.91 bits per heavy atom. The van der Waals surface area contributed by atoms with Gasteiger partial charge in [0.25, 0.3) is 0 Å². The molecule has 0 unspecified atom stereocenters. The Balaban J connectivity index is 2.39. The van der Waals surface area contributed by atoms with Crippen molar-refractivity contribution in [2.75, 3.05) is 0 Å². The lowest BCUT2D eigenvalue weighted by Crippen LogP contribution is -2.15. The van der Waals surface area contributed by atoms with E-state index in [2.05, 4.69) is 4.98 Å². The SMILES string of the molecule is Cc1c(C(N)=O)c(-c2cncs2)cc2cc(C(N)=O)ccc12. The molecule has 0 fully saturated rings. The summed E-state index contributed by atoms with van der Waals surface area (Å²) in [5.74, 6) is -0.973. The van der Waals surface area contributed by atoms with Crippen LogP contribution in [-0.4, -0.2) is 16.8 Å². The van der Waals surface area contributed by atoms with E-state index in [0.29, 0.717) is 11.1 Å². The number of rotatable bonds is 3. The zero-order chi connectivity index (χ0) is 15.9. The van der Waals surface area contributed by atoms with Gasteiger partial charge in [-0.15, -0.1) is 11.3 Å². The fraction of sp³-hybridized carbons (Fsp3) is 0.0625. The number of hydrogen-bond acceptors (Lipinski definition) is 4. The minimum absolute atomic E-state index is 0.425. The average molecular weight is 311 g/mol. The molecule has 3 rings (SSSR count). The Labute approximate surface area is 130 Å². The van der Waals surface area contributed by atoms with Gasteiger partial charge >= 0.3 is 0 Å². The normalized spacial score (nSPS) is 10.8. The number of aryl methyl sites for hydroxylation is 1. The van der Waals surface area contributed by atoms with E-state index in [9.17, 15) is 9.59 Å². The lowest BCUT2D eigenvalue weighted by molar-refractivity contribution is 0.0991. The molecule has 0 saturated heterocycles. The van der Waals surface area contributed by atoms with Gasteiger partial charge in [0, 0.05) is 17.3 Å². The molecular formula is C16H13N3O2S.